The fourth-order valence-electron chi connectivity index (χ4n) is 2.74. The van der Waals surface area contributed by atoms with Gasteiger partial charge in [-0.3, -0.25) is 0 Å². The van der Waals surface area contributed by atoms with Gasteiger partial charge in [0.05, 0.1) is 22.3 Å². The van der Waals surface area contributed by atoms with Gasteiger partial charge >= 0.3 is 0 Å². The first-order valence-electron chi connectivity index (χ1n) is 10.2. The summed E-state index contributed by atoms with van der Waals surface area (Å²) < 4.78 is 11.2. The third kappa shape index (κ3) is 13.4. The monoisotopic (exact) mass is 418 g/mol. The zero-order valence-corrected chi connectivity index (χ0v) is 22.2. The van der Waals surface area contributed by atoms with E-state index in [0.717, 1.165) is 19.4 Å². The van der Waals surface area contributed by atoms with E-state index in [-0.39, 0.29) is 12.0 Å². The molecule has 0 aromatic rings. The third-order valence-electron chi connectivity index (χ3n) is 4.42. The van der Waals surface area contributed by atoms with Crippen LogP contribution in [0.1, 0.15) is 19.8 Å². The Balaban J connectivity index is 4.25. The molecule has 0 heterocycles. The first-order valence-corrected chi connectivity index (χ1v) is 21.0. The van der Waals surface area contributed by atoms with E-state index in [4.69, 9.17) is 9.47 Å². The molecule has 1 unspecified atom stereocenters. The SMILES string of the molecule is C[C@@H](CCCOCOCC[Si](C)(C)C)C(O)/C(=C\[Si](C)(C)C)[Si](C)(C)C. The second-order valence-electron chi connectivity index (χ2n) is 11.0. The lowest BCUT2D eigenvalue weighted by molar-refractivity contribution is -0.0514. The van der Waals surface area contributed by atoms with Crippen LogP contribution in [0.15, 0.2) is 10.9 Å². The van der Waals surface area contributed by atoms with Gasteiger partial charge in [-0.25, -0.2) is 0 Å². The molecule has 0 radical (unpaired) electrons. The molecule has 2 atom stereocenters. The Labute approximate surface area is 166 Å². The summed E-state index contributed by atoms with van der Waals surface area (Å²) in [5, 5.41) is 12.3. The van der Waals surface area contributed by atoms with Gasteiger partial charge < -0.3 is 14.6 Å². The van der Waals surface area contributed by atoms with E-state index in [1.54, 1.807) is 0 Å². The second kappa shape index (κ2) is 11.3. The molecule has 6 heteroatoms. The Morgan fingerprint density at radius 1 is 0.923 bits per heavy atom. The molecule has 0 amide bonds. The smallest absolute Gasteiger partial charge is 0.146 e. The highest BCUT2D eigenvalue weighted by molar-refractivity contribution is 6.88. The summed E-state index contributed by atoms with van der Waals surface area (Å²) in [6.45, 7) is 25.2. The highest BCUT2D eigenvalue weighted by Gasteiger charge is 2.30. The number of ether oxygens (including phenoxy) is 2. The van der Waals surface area contributed by atoms with E-state index < -0.39 is 24.2 Å². The molecule has 26 heavy (non-hydrogen) atoms. The topological polar surface area (TPSA) is 38.7 Å². The molecule has 156 valence electrons. The van der Waals surface area contributed by atoms with Crippen LogP contribution in [-0.4, -0.2) is 55.4 Å². The minimum atomic E-state index is -1.51. The lowest BCUT2D eigenvalue weighted by Gasteiger charge is -2.32. The van der Waals surface area contributed by atoms with E-state index in [1.165, 1.54) is 11.2 Å². The Morgan fingerprint density at radius 2 is 1.46 bits per heavy atom. The number of hydrogen-bond acceptors (Lipinski definition) is 3. The second-order valence-corrected chi connectivity index (χ2v) is 26.7. The molecule has 0 saturated carbocycles. The first kappa shape index (κ1) is 26.3. The lowest BCUT2D eigenvalue weighted by atomic mass is 9.99. The van der Waals surface area contributed by atoms with Crippen molar-refractivity contribution in [2.24, 2.45) is 5.92 Å². The van der Waals surface area contributed by atoms with Crippen LogP contribution >= 0.6 is 0 Å². The maximum Gasteiger partial charge on any atom is 0.146 e. The van der Waals surface area contributed by atoms with Gasteiger partial charge in [0.25, 0.3) is 0 Å². The highest BCUT2D eigenvalue weighted by Crippen LogP contribution is 2.27. The Bertz CT molecular complexity index is 417. The Morgan fingerprint density at radius 3 is 1.92 bits per heavy atom. The van der Waals surface area contributed by atoms with Crippen molar-refractivity contribution in [3.63, 3.8) is 0 Å². The molecule has 0 aliphatic heterocycles. The van der Waals surface area contributed by atoms with E-state index in [1.807, 2.05) is 0 Å². The minimum absolute atomic E-state index is 0.278. The molecule has 0 fully saturated rings. The predicted molar refractivity (Wildman–Crippen MR) is 124 cm³/mol. The van der Waals surface area contributed by atoms with Gasteiger partial charge in [-0.1, -0.05) is 76.7 Å². The molecule has 0 bridgehead atoms. The van der Waals surface area contributed by atoms with Crippen LogP contribution in [0.25, 0.3) is 0 Å². The van der Waals surface area contributed by atoms with Crippen molar-refractivity contribution in [1.29, 1.82) is 0 Å². The largest absolute Gasteiger partial charge is 0.389 e. The number of aliphatic hydroxyl groups excluding tert-OH is 1. The van der Waals surface area contributed by atoms with Crippen LogP contribution in [0.2, 0.25) is 65.0 Å². The normalized spacial score (nSPS) is 16.7. The molecule has 0 aliphatic rings. The van der Waals surface area contributed by atoms with Gasteiger partial charge in [-0.15, -0.1) is 0 Å². The Hall–Kier alpha value is 0.271. The van der Waals surface area contributed by atoms with Gasteiger partial charge in [-0.2, -0.15) is 0 Å². The zero-order chi connectivity index (χ0) is 20.6. The maximum absolute atomic E-state index is 11.0. The van der Waals surface area contributed by atoms with Crippen molar-refractivity contribution < 1.29 is 14.6 Å². The molecule has 0 rings (SSSR count). The van der Waals surface area contributed by atoms with Gasteiger partial charge in [-0.05, 0) is 24.8 Å². The highest BCUT2D eigenvalue weighted by atomic mass is 28.3. The Kier molecular flexibility index (Phi) is 11.4. The molecule has 0 spiro atoms. The first-order chi connectivity index (χ1) is 11.6. The van der Waals surface area contributed by atoms with Crippen LogP contribution < -0.4 is 0 Å². The number of hydrogen-bond donors (Lipinski definition) is 1. The van der Waals surface area contributed by atoms with Crippen molar-refractivity contribution in [3.05, 3.63) is 10.9 Å². The zero-order valence-electron chi connectivity index (χ0n) is 19.2. The molecule has 1 N–H and O–H groups in total. The van der Waals surface area contributed by atoms with Gasteiger partial charge in [0.15, 0.2) is 0 Å². The van der Waals surface area contributed by atoms with Crippen molar-refractivity contribution in [2.75, 3.05) is 20.0 Å². The molecule has 0 saturated heterocycles. The molecular weight excluding hydrogens is 372 g/mol. The molecule has 0 aromatic carbocycles. The summed E-state index contributed by atoms with van der Waals surface area (Å²) in [5.41, 5.74) is 2.45. The fraction of sp³-hybridized carbons (Fsp3) is 0.900. The average Bonchev–Trinajstić information content (AvgIpc) is 2.43. The summed E-state index contributed by atoms with van der Waals surface area (Å²) in [7, 11) is -3.86. The van der Waals surface area contributed by atoms with Crippen molar-refractivity contribution in [1.82, 2.24) is 0 Å². The number of aliphatic hydroxyl groups is 1. The third-order valence-corrected chi connectivity index (χ3v) is 9.77. The average molecular weight is 419 g/mol. The van der Waals surface area contributed by atoms with Gasteiger partial charge in [0, 0.05) is 21.3 Å². The quantitative estimate of drug-likeness (QED) is 0.234. The summed E-state index contributed by atoms with van der Waals surface area (Å²) in [4.78, 5) is 0. The summed E-state index contributed by atoms with van der Waals surface area (Å²) in [6.07, 6.45) is 1.66. The van der Waals surface area contributed by atoms with Crippen molar-refractivity contribution in [2.45, 2.75) is 90.8 Å². The predicted octanol–water partition coefficient (Wildman–Crippen LogP) is 5.77. The van der Waals surface area contributed by atoms with Crippen LogP contribution in [0, 0.1) is 5.92 Å². The standard InChI is InChI=1S/C20H46O3Si3/c1-18(12-11-13-22-17-23-14-15-24(2,3)4)20(21)19(26(8,9)10)16-25(5,6)7/h16,18,20-21H,11-15,17H2,1-10H3/b19-16+/t18-,20?/m0/s1. The summed E-state index contributed by atoms with van der Waals surface area (Å²) >= 11 is 0. The lowest BCUT2D eigenvalue weighted by Crippen LogP contribution is -2.38. The molecule has 3 nitrogen and oxygen atoms in total. The van der Waals surface area contributed by atoms with Gasteiger partial charge in [0.1, 0.15) is 6.79 Å². The number of rotatable bonds is 13. The van der Waals surface area contributed by atoms with E-state index in [9.17, 15) is 5.11 Å². The van der Waals surface area contributed by atoms with Crippen LogP contribution in [-0.2, 0) is 9.47 Å². The minimum Gasteiger partial charge on any atom is -0.389 e. The summed E-state index contributed by atoms with van der Waals surface area (Å²) in [5.74, 6) is 0.278. The van der Waals surface area contributed by atoms with E-state index in [0.29, 0.717) is 13.4 Å². The maximum atomic E-state index is 11.0. The fourth-order valence-corrected chi connectivity index (χ4v) is 8.80. The molecule has 0 aliphatic carbocycles. The van der Waals surface area contributed by atoms with E-state index in [2.05, 4.69) is 71.5 Å². The summed E-state index contributed by atoms with van der Waals surface area (Å²) in [6, 6.07) is 1.18. The van der Waals surface area contributed by atoms with Gasteiger partial charge in [0.2, 0.25) is 0 Å². The molecule has 0 aromatic heterocycles. The molecular formula is C20H46O3Si3. The van der Waals surface area contributed by atoms with Crippen LogP contribution in [0.3, 0.4) is 0 Å². The van der Waals surface area contributed by atoms with Crippen molar-refractivity contribution in [3.8, 4) is 0 Å². The van der Waals surface area contributed by atoms with Crippen LogP contribution in [0.5, 0.6) is 0 Å². The van der Waals surface area contributed by atoms with E-state index >= 15 is 0 Å². The van der Waals surface area contributed by atoms with Crippen molar-refractivity contribution >= 4 is 24.2 Å². The van der Waals surface area contributed by atoms with Crippen LogP contribution in [0.4, 0.5) is 0 Å².